The second kappa shape index (κ2) is 7.43. The largest absolute Gasteiger partial charge is 0.456 e. The highest BCUT2D eigenvalue weighted by Gasteiger charge is 2.35. The highest BCUT2D eigenvalue weighted by atomic mass is 35.5. The first-order valence-corrected chi connectivity index (χ1v) is 7.30. The molecular formula is C18H20ClNO2. The molecule has 2 aromatic carbocycles. The van der Waals surface area contributed by atoms with Crippen molar-refractivity contribution in [3.63, 3.8) is 0 Å². The van der Waals surface area contributed by atoms with Crippen molar-refractivity contribution < 1.29 is 9.53 Å². The number of halogens is 1. The lowest BCUT2D eigenvalue weighted by Gasteiger charge is -2.17. The Bertz CT molecular complexity index is 603. The smallest absolute Gasteiger partial charge is 0.323 e. The summed E-state index contributed by atoms with van der Waals surface area (Å²) in [6, 6.07) is 19.9. The summed E-state index contributed by atoms with van der Waals surface area (Å²) in [6.45, 7) is 2.07. The molecule has 0 aromatic heterocycles. The van der Waals surface area contributed by atoms with E-state index in [2.05, 4.69) is 24.4 Å². The third kappa shape index (κ3) is 3.67. The second-order valence-corrected chi connectivity index (χ2v) is 5.42. The number of hydrogen-bond acceptors (Lipinski definition) is 3. The summed E-state index contributed by atoms with van der Waals surface area (Å²) in [6.07, 6.45) is 0.541. The van der Waals surface area contributed by atoms with E-state index in [1.54, 1.807) is 0 Å². The van der Waals surface area contributed by atoms with Crippen molar-refractivity contribution in [2.24, 2.45) is 0 Å². The van der Waals surface area contributed by atoms with Crippen molar-refractivity contribution in [1.82, 2.24) is 5.32 Å². The third-order valence-electron chi connectivity index (χ3n) is 3.91. The minimum absolute atomic E-state index is 0. The Morgan fingerprint density at radius 1 is 1.05 bits per heavy atom. The normalized spacial score (nSPS) is 21.8. The fourth-order valence-electron chi connectivity index (χ4n) is 2.73. The fraction of sp³-hybridized carbons (Fsp3) is 0.278. The van der Waals surface area contributed by atoms with Crippen molar-refractivity contribution in [2.45, 2.75) is 31.5 Å². The van der Waals surface area contributed by atoms with Gasteiger partial charge in [-0.1, -0.05) is 60.7 Å². The van der Waals surface area contributed by atoms with E-state index in [0.29, 0.717) is 6.42 Å². The van der Waals surface area contributed by atoms with Crippen LogP contribution >= 0.6 is 12.4 Å². The fourth-order valence-corrected chi connectivity index (χ4v) is 2.73. The molecule has 3 atom stereocenters. The zero-order valence-corrected chi connectivity index (χ0v) is 13.3. The van der Waals surface area contributed by atoms with Crippen LogP contribution in [0.2, 0.25) is 0 Å². The van der Waals surface area contributed by atoms with Crippen LogP contribution in [0.1, 0.15) is 36.6 Å². The van der Waals surface area contributed by atoms with Crippen LogP contribution < -0.4 is 5.32 Å². The highest BCUT2D eigenvalue weighted by molar-refractivity contribution is 5.85. The number of ether oxygens (including phenoxy) is 1. The molecule has 0 spiro atoms. The first-order chi connectivity index (χ1) is 10.2. The van der Waals surface area contributed by atoms with E-state index in [4.69, 9.17) is 4.74 Å². The molecule has 1 N–H and O–H groups in total. The molecule has 0 bridgehead atoms. The van der Waals surface area contributed by atoms with E-state index < -0.39 is 0 Å². The van der Waals surface area contributed by atoms with E-state index in [1.807, 2.05) is 48.5 Å². The van der Waals surface area contributed by atoms with E-state index in [0.717, 1.165) is 5.56 Å². The van der Waals surface area contributed by atoms with Crippen molar-refractivity contribution in [3.8, 4) is 0 Å². The Balaban J connectivity index is 0.00000176. The van der Waals surface area contributed by atoms with Crippen molar-refractivity contribution in [1.29, 1.82) is 0 Å². The molecule has 1 heterocycles. The van der Waals surface area contributed by atoms with Gasteiger partial charge in [0, 0.05) is 12.5 Å². The van der Waals surface area contributed by atoms with Crippen LogP contribution in [-0.4, -0.2) is 12.0 Å². The van der Waals surface area contributed by atoms with Gasteiger partial charge in [-0.25, -0.2) is 0 Å². The molecule has 0 aliphatic carbocycles. The molecule has 3 nitrogen and oxygen atoms in total. The summed E-state index contributed by atoms with van der Waals surface area (Å²) >= 11 is 0. The van der Waals surface area contributed by atoms with Gasteiger partial charge in [0.25, 0.3) is 0 Å². The molecule has 2 aromatic rings. The maximum Gasteiger partial charge on any atom is 0.323 e. The van der Waals surface area contributed by atoms with E-state index in [9.17, 15) is 4.79 Å². The third-order valence-corrected chi connectivity index (χ3v) is 3.91. The summed E-state index contributed by atoms with van der Waals surface area (Å²) in [7, 11) is 0. The first-order valence-electron chi connectivity index (χ1n) is 7.30. The number of cyclic esters (lactones) is 1. The number of carbonyl (C=O) groups is 1. The lowest BCUT2D eigenvalue weighted by molar-refractivity contribution is -0.143. The molecule has 1 aliphatic heterocycles. The van der Waals surface area contributed by atoms with Crippen LogP contribution in [-0.2, 0) is 9.53 Å². The van der Waals surface area contributed by atoms with E-state index in [1.165, 1.54) is 5.56 Å². The molecule has 22 heavy (non-hydrogen) atoms. The summed E-state index contributed by atoms with van der Waals surface area (Å²) in [5.41, 5.74) is 2.23. The highest BCUT2D eigenvalue weighted by Crippen LogP contribution is 2.30. The molecule has 1 aliphatic rings. The zero-order valence-electron chi connectivity index (χ0n) is 12.4. The summed E-state index contributed by atoms with van der Waals surface area (Å²) in [5.74, 6) is -0.161. The zero-order chi connectivity index (χ0) is 14.7. The second-order valence-electron chi connectivity index (χ2n) is 5.42. The number of benzene rings is 2. The lowest BCUT2D eigenvalue weighted by Crippen LogP contribution is -2.35. The Morgan fingerprint density at radius 3 is 2.27 bits per heavy atom. The SMILES string of the molecule is C[C@@H](N[C@@H]1C[C@@H](c2ccccc2)OC1=O)c1ccccc1.Cl. The topological polar surface area (TPSA) is 38.3 Å². The van der Waals surface area contributed by atoms with Gasteiger partial charge in [-0.2, -0.15) is 0 Å². The molecule has 4 heteroatoms. The Kier molecular flexibility index (Phi) is 5.58. The van der Waals surface area contributed by atoms with Crippen LogP contribution in [0.15, 0.2) is 60.7 Å². The molecule has 0 amide bonds. The minimum Gasteiger partial charge on any atom is -0.456 e. The Labute approximate surface area is 137 Å². The molecule has 0 saturated carbocycles. The first kappa shape index (κ1) is 16.5. The van der Waals surface area contributed by atoms with Gasteiger partial charge in [-0.05, 0) is 18.1 Å². The van der Waals surface area contributed by atoms with Gasteiger partial charge in [0.2, 0.25) is 0 Å². The standard InChI is InChI=1S/C18H19NO2.ClH/c1-13(14-8-4-2-5-9-14)19-16-12-17(21-18(16)20)15-10-6-3-7-11-15;/h2-11,13,16-17,19H,12H2,1H3;1H/t13-,16-,17+;/m1./s1. The van der Waals surface area contributed by atoms with Gasteiger partial charge in [0.1, 0.15) is 12.1 Å². The number of hydrogen-bond donors (Lipinski definition) is 1. The molecular weight excluding hydrogens is 298 g/mol. The number of carbonyl (C=O) groups excluding carboxylic acids is 1. The predicted molar refractivity (Wildman–Crippen MR) is 88.9 cm³/mol. The average Bonchev–Trinajstić information content (AvgIpc) is 2.90. The maximum absolute atomic E-state index is 12.0. The maximum atomic E-state index is 12.0. The number of rotatable bonds is 4. The van der Waals surface area contributed by atoms with Crippen LogP contribution in [0.4, 0.5) is 0 Å². The van der Waals surface area contributed by atoms with Gasteiger partial charge in [0.05, 0.1) is 0 Å². The summed E-state index contributed by atoms with van der Waals surface area (Å²) < 4.78 is 5.50. The van der Waals surface area contributed by atoms with Crippen LogP contribution in [0, 0.1) is 0 Å². The van der Waals surface area contributed by atoms with E-state index >= 15 is 0 Å². The molecule has 1 fully saturated rings. The molecule has 1 saturated heterocycles. The minimum atomic E-state index is -0.245. The van der Waals surface area contributed by atoms with Gasteiger partial charge >= 0.3 is 5.97 Å². The number of esters is 1. The Morgan fingerprint density at radius 2 is 1.64 bits per heavy atom. The van der Waals surface area contributed by atoms with Crippen LogP contribution in [0.5, 0.6) is 0 Å². The van der Waals surface area contributed by atoms with Gasteiger partial charge in [-0.15, -0.1) is 12.4 Å². The van der Waals surface area contributed by atoms with Crippen molar-refractivity contribution in [3.05, 3.63) is 71.8 Å². The molecule has 0 unspecified atom stereocenters. The summed E-state index contributed by atoms with van der Waals surface area (Å²) in [5, 5.41) is 3.37. The van der Waals surface area contributed by atoms with Crippen molar-refractivity contribution in [2.75, 3.05) is 0 Å². The van der Waals surface area contributed by atoms with Gasteiger partial charge in [0.15, 0.2) is 0 Å². The molecule has 3 rings (SSSR count). The average molecular weight is 318 g/mol. The molecule has 116 valence electrons. The van der Waals surface area contributed by atoms with Gasteiger partial charge in [-0.3, -0.25) is 10.1 Å². The van der Waals surface area contributed by atoms with E-state index in [-0.39, 0.29) is 36.6 Å². The van der Waals surface area contributed by atoms with Crippen molar-refractivity contribution >= 4 is 18.4 Å². The molecule has 0 radical (unpaired) electrons. The lowest BCUT2D eigenvalue weighted by atomic mass is 10.0. The quantitative estimate of drug-likeness (QED) is 0.871. The van der Waals surface area contributed by atoms with Gasteiger partial charge < -0.3 is 4.74 Å². The van der Waals surface area contributed by atoms with Crippen LogP contribution in [0.25, 0.3) is 0 Å². The predicted octanol–water partition coefficient (Wildman–Crippen LogP) is 3.82. The summed E-state index contributed by atoms with van der Waals surface area (Å²) in [4.78, 5) is 12.0. The number of nitrogens with one attached hydrogen (secondary N) is 1. The Hall–Kier alpha value is -1.84. The van der Waals surface area contributed by atoms with Crippen LogP contribution in [0.3, 0.4) is 0 Å². The monoisotopic (exact) mass is 317 g/mol.